The molecule has 1 aromatic heterocycles. The predicted molar refractivity (Wildman–Crippen MR) is 76.0 cm³/mol. The maximum atomic E-state index is 13.8. The number of aromatic nitrogens is 1. The van der Waals surface area contributed by atoms with Gasteiger partial charge in [0.05, 0.1) is 27.2 Å². The molecule has 0 spiro atoms. The molecule has 0 amide bonds. The minimum Gasteiger partial charge on any atom is -0.481 e. The Labute approximate surface area is 128 Å². The van der Waals surface area contributed by atoms with Crippen molar-refractivity contribution in [2.45, 2.75) is 6.42 Å². The maximum absolute atomic E-state index is 13.8. The van der Waals surface area contributed by atoms with Gasteiger partial charge in [0.25, 0.3) is 0 Å². The van der Waals surface area contributed by atoms with Gasteiger partial charge in [0.15, 0.2) is 0 Å². The lowest BCUT2D eigenvalue weighted by molar-refractivity contribution is -0.136. The second-order valence-corrected chi connectivity index (χ2v) is 5.11. The lowest BCUT2D eigenvalue weighted by Gasteiger charge is -2.08. The van der Waals surface area contributed by atoms with Crippen LogP contribution in [0.1, 0.15) is 5.69 Å². The number of halogens is 4. The number of pyridine rings is 1. The van der Waals surface area contributed by atoms with Gasteiger partial charge in [-0.15, -0.1) is 0 Å². The summed E-state index contributed by atoms with van der Waals surface area (Å²) in [5, 5.41) is 9.27. The molecule has 0 aliphatic rings. The first kappa shape index (κ1) is 15.0. The van der Waals surface area contributed by atoms with Gasteiger partial charge in [-0.25, -0.2) is 4.39 Å². The van der Waals surface area contributed by atoms with E-state index in [1.54, 1.807) is 6.07 Å². The van der Waals surface area contributed by atoms with E-state index in [9.17, 15) is 9.18 Å². The number of carboxylic acid groups (broad SMARTS) is 1. The molecule has 2 aromatic rings. The van der Waals surface area contributed by atoms with Crippen LogP contribution < -0.4 is 0 Å². The summed E-state index contributed by atoms with van der Waals surface area (Å²) in [6.45, 7) is 0. The van der Waals surface area contributed by atoms with Crippen LogP contribution in [0.5, 0.6) is 0 Å². The average molecular weight is 335 g/mol. The number of carbonyl (C=O) groups is 1. The van der Waals surface area contributed by atoms with Gasteiger partial charge in [0, 0.05) is 17.3 Å². The Bertz CT molecular complexity index is 692. The SMILES string of the molecule is O=C(O)Cc1ncc(-c2ccc(Cl)c(Cl)c2Cl)cc1F. The molecule has 3 nitrogen and oxygen atoms in total. The van der Waals surface area contributed by atoms with Gasteiger partial charge in [-0.3, -0.25) is 9.78 Å². The van der Waals surface area contributed by atoms with E-state index < -0.39 is 18.2 Å². The number of rotatable bonds is 3. The molecule has 104 valence electrons. The van der Waals surface area contributed by atoms with Crippen LogP contribution in [0.2, 0.25) is 15.1 Å². The van der Waals surface area contributed by atoms with Crippen molar-refractivity contribution in [3.63, 3.8) is 0 Å². The molecular weight excluding hydrogens is 328 g/mol. The molecule has 0 unspecified atom stereocenters. The van der Waals surface area contributed by atoms with Gasteiger partial charge in [-0.2, -0.15) is 0 Å². The molecule has 2 rings (SSSR count). The monoisotopic (exact) mass is 333 g/mol. The molecule has 1 heterocycles. The summed E-state index contributed by atoms with van der Waals surface area (Å²) in [7, 11) is 0. The van der Waals surface area contributed by atoms with E-state index in [2.05, 4.69) is 4.98 Å². The summed E-state index contributed by atoms with van der Waals surface area (Å²) in [6, 6.07) is 4.29. The summed E-state index contributed by atoms with van der Waals surface area (Å²) in [4.78, 5) is 14.3. The highest BCUT2D eigenvalue weighted by Gasteiger charge is 2.14. The van der Waals surface area contributed by atoms with E-state index in [0.717, 1.165) is 6.07 Å². The Morgan fingerprint density at radius 1 is 1.25 bits per heavy atom. The van der Waals surface area contributed by atoms with Gasteiger partial charge in [0.1, 0.15) is 5.82 Å². The first-order valence-corrected chi connectivity index (χ1v) is 6.53. The fraction of sp³-hybridized carbons (Fsp3) is 0.0769. The average Bonchev–Trinajstić information content (AvgIpc) is 2.38. The van der Waals surface area contributed by atoms with Gasteiger partial charge >= 0.3 is 5.97 Å². The third-order valence-corrected chi connectivity index (χ3v) is 3.88. The normalized spacial score (nSPS) is 10.6. The number of carboxylic acids is 1. The van der Waals surface area contributed by atoms with Gasteiger partial charge < -0.3 is 5.11 Å². The second kappa shape index (κ2) is 5.95. The van der Waals surface area contributed by atoms with Crippen molar-refractivity contribution < 1.29 is 14.3 Å². The van der Waals surface area contributed by atoms with Crippen LogP contribution >= 0.6 is 34.8 Å². The van der Waals surface area contributed by atoms with E-state index in [1.165, 1.54) is 12.3 Å². The fourth-order valence-corrected chi connectivity index (χ4v) is 2.28. The molecule has 20 heavy (non-hydrogen) atoms. The van der Waals surface area contributed by atoms with E-state index in [1.807, 2.05) is 0 Å². The van der Waals surface area contributed by atoms with Crippen molar-refractivity contribution in [1.82, 2.24) is 4.98 Å². The molecule has 0 aliphatic heterocycles. The van der Waals surface area contributed by atoms with E-state index in [4.69, 9.17) is 39.9 Å². The molecule has 0 saturated heterocycles. The Hall–Kier alpha value is -1.36. The van der Waals surface area contributed by atoms with Crippen molar-refractivity contribution in [1.29, 1.82) is 0 Å². The van der Waals surface area contributed by atoms with Crippen molar-refractivity contribution in [2.24, 2.45) is 0 Å². The molecule has 0 atom stereocenters. The zero-order valence-corrected chi connectivity index (χ0v) is 12.1. The van der Waals surface area contributed by atoms with Crippen LogP contribution in [0.25, 0.3) is 11.1 Å². The smallest absolute Gasteiger partial charge is 0.309 e. The van der Waals surface area contributed by atoms with Gasteiger partial charge in [-0.05, 0) is 12.1 Å². The molecule has 0 bridgehead atoms. The molecule has 0 fully saturated rings. The Balaban J connectivity index is 2.47. The molecule has 1 aromatic carbocycles. The van der Waals surface area contributed by atoms with E-state index in [-0.39, 0.29) is 20.8 Å². The topological polar surface area (TPSA) is 50.2 Å². The lowest BCUT2D eigenvalue weighted by Crippen LogP contribution is -2.05. The third-order valence-electron chi connectivity index (χ3n) is 2.58. The Morgan fingerprint density at radius 3 is 2.55 bits per heavy atom. The number of hydrogen-bond acceptors (Lipinski definition) is 2. The number of nitrogens with zero attached hydrogens (tertiary/aromatic N) is 1. The number of aliphatic carboxylic acids is 1. The third kappa shape index (κ3) is 3.03. The van der Waals surface area contributed by atoms with Crippen molar-refractivity contribution in [3.05, 3.63) is 51.0 Å². The summed E-state index contributed by atoms with van der Waals surface area (Å²) < 4.78 is 13.8. The molecule has 7 heteroatoms. The van der Waals surface area contributed by atoms with Crippen LogP contribution in [0, 0.1) is 5.82 Å². The molecule has 0 saturated carbocycles. The van der Waals surface area contributed by atoms with Gasteiger partial charge in [-0.1, -0.05) is 40.9 Å². The molecule has 0 aliphatic carbocycles. The largest absolute Gasteiger partial charge is 0.481 e. The van der Waals surface area contributed by atoms with Crippen molar-refractivity contribution in [2.75, 3.05) is 0 Å². The first-order chi connectivity index (χ1) is 9.40. The maximum Gasteiger partial charge on any atom is 0.309 e. The lowest BCUT2D eigenvalue weighted by atomic mass is 10.1. The second-order valence-electron chi connectivity index (χ2n) is 3.95. The van der Waals surface area contributed by atoms with Crippen LogP contribution in [0.4, 0.5) is 4.39 Å². The zero-order valence-electron chi connectivity index (χ0n) is 9.83. The molecule has 1 N–H and O–H groups in total. The fourth-order valence-electron chi connectivity index (χ4n) is 1.64. The summed E-state index contributed by atoms with van der Waals surface area (Å²) in [6.07, 6.45) is 0.855. The standard InChI is InChI=1S/C13H7Cl3FNO2/c14-8-2-1-7(12(15)13(8)16)6-3-9(17)10(18-5-6)4-11(19)20/h1-3,5H,4H2,(H,19,20). The number of benzene rings is 1. The van der Waals surface area contributed by atoms with Crippen LogP contribution in [0.15, 0.2) is 24.4 Å². The highest BCUT2D eigenvalue weighted by Crippen LogP contribution is 2.38. The molecule has 0 radical (unpaired) electrons. The quantitative estimate of drug-likeness (QED) is 0.842. The summed E-state index contributed by atoms with van der Waals surface area (Å²) in [5.74, 6) is -1.87. The predicted octanol–water partition coefficient (Wildman–Crippen LogP) is 4.48. The van der Waals surface area contributed by atoms with Crippen molar-refractivity contribution in [3.8, 4) is 11.1 Å². The number of hydrogen-bond donors (Lipinski definition) is 1. The Morgan fingerprint density at radius 2 is 1.95 bits per heavy atom. The van der Waals surface area contributed by atoms with Crippen LogP contribution in [-0.2, 0) is 11.2 Å². The first-order valence-electron chi connectivity index (χ1n) is 5.40. The molecular formula is C13H7Cl3FNO2. The minimum absolute atomic E-state index is 0.141. The zero-order chi connectivity index (χ0) is 14.9. The van der Waals surface area contributed by atoms with Gasteiger partial charge in [0.2, 0.25) is 0 Å². The van der Waals surface area contributed by atoms with Crippen molar-refractivity contribution >= 4 is 40.8 Å². The summed E-state index contributed by atoms with van der Waals surface area (Å²) in [5.41, 5.74) is 0.715. The highest BCUT2D eigenvalue weighted by molar-refractivity contribution is 6.49. The highest BCUT2D eigenvalue weighted by atomic mass is 35.5. The minimum atomic E-state index is -1.16. The van der Waals surface area contributed by atoms with E-state index >= 15 is 0 Å². The van der Waals surface area contributed by atoms with E-state index in [0.29, 0.717) is 11.1 Å². The van der Waals surface area contributed by atoms with Crippen LogP contribution in [-0.4, -0.2) is 16.1 Å². The summed E-state index contributed by atoms with van der Waals surface area (Å²) >= 11 is 17.8. The Kier molecular flexibility index (Phi) is 4.48. The van der Waals surface area contributed by atoms with Crippen LogP contribution in [0.3, 0.4) is 0 Å².